The van der Waals surface area contributed by atoms with Crippen LogP contribution in [0.4, 0.5) is 20.1 Å². The third kappa shape index (κ3) is 5.02. The van der Waals surface area contributed by atoms with Crippen molar-refractivity contribution in [1.29, 1.82) is 5.26 Å². The molecule has 44 heavy (non-hydrogen) atoms. The first-order chi connectivity index (χ1) is 21.1. The first-order valence-corrected chi connectivity index (χ1v) is 15.6. The van der Waals surface area contributed by atoms with Gasteiger partial charge in [-0.2, -0.15) is 5.26 Å². The maximum atomic E-state index is 15.3. The van der Waals surface area contributed by atoms with Gasteiger partial charge in [0.25, 0.3) is 0 Å². The second kappa shape index (κ2) is 11.1. The van der Waals surface area contributed by atoms with Gasteiger partial charge in [0.15, 0.2) is 0 Å². The van der Waals surface area contributed by atoms with Gasteiger partial charge in [0.1, 0.15) is 22.5 Å². The van der Waals surface area contributed by atoms with Crippen LogP contribution in [0, 0.1) is 17.1 Å². The van der Waals surface area contributed by atoms with E-state index in [0.29, 0.717) is 52.3 Å². The highest BCUT2D eigenvalue weighted by Crippen LogP contribution is 2.48. The van der Waals surface area contributed by atoms with Crippen LogP contribution >= 0.6 is 22.9 Å². The van der Waals surface area contributed by atoms with Gasteiger partial charge in [-0.3, -0.25) is 10.2 Å². The molecule has 2 aromatic carbocycles. The standard InChI is InChI=1S/C31H30ClFN6O4S/c1-31(2,3)43-30(40)37-28-18(10-34)24-17(4-5-22(33)27(24)44-28)23-21-15-42-14-20(21)19-11-35-29(36-26(19)25(23)32)39-12-16(13-39)38-6-8-41-9-7-38/h4-5,11,16H,6-9,12-15H2,1-3H3,(H,37,40). The van der Waals surface area contributed by atoms with Crippen molar-refractivity contribution in [1.82, 2.24) is 14.9 Å². The summed E-state index contributed by atoms with van der Waals surface area (Å²) in [5, 5.41) is 14.6. The molecule has 10 nitrogen and oxygen atoms in total. The van der Waals surface area contributed by atoms with Gasteiger partial charge in [0.2, 0.25) is 5.95 Å². The van der Waals surface area contributed by atoms with Gasteiger partial charge in [-0.25, -0.2) is 19.2 Å². The third-order valence-electron chi connectivity index (χ3n) is 8.18. The minimum absolute atomic E-state index is 0.132. The molecule has 7 rings (SSSR count). The van der Waals surface area contributed by atoms with Crippen LogP contribution in [0.25, 0.3) is 32.1 Å². The number of nitrogens with one attached hydrogen (secondary N) is 1. The number of benzene rings is 2. The summed E-state index contributed by atoms with van der Waals surface area (Å²) in [6.07, 6.45) is 1.07. The van der Waals surface area contributed by atoms with Gasteiger partial charge in [0, 0.05) is 54.8 Å². The summed E-state index contributed by atoms with van der Waals surface area (Å²) in [5.74, 6) is 0.0829. The predicted octanol–water partition coefficient (Wildman–Crippen LogP) is 6.07. The number of fused-ring (bicyclic) bond motifs is 4. The van der Waals surface area contributed by atoms with Crippen LogP contribution in [0.5, 0.6) is 0 Å². The molecule has 2 fully saturated rings. The number of morpholine rings is 1. The van der Waals surface area contributed by atoms with Crippen LogP contribution in [-0.2, 0) is 27.4 Å². The second-order valence-electron chi connectivity index (χ2n) is 12.1. The van der Waals surface area contributed by atoms with Crippen molar-refractivity contribution in [2.24, 2.45) is 0 Å². The number of amides is 1. The van der Waals surface area contributed by atoms with Gasteiger partial charge in [-0.05, 0) is 43.5 Å². The molecule has 2 aromatic heterocycles. The zero-order valence-electron chi connectivity index (χ0n) is 24.5. The monoisotopic (exact) mass is 636 g/mol. The van der Waals surface area contributed by atoms with Crippen molar-refractivity contribution in [2.45, 2.75) is 45.6 Å². The molecule has 2 saturated heterocycles. The third-order valence-corrected chi connectivity index (χ3v) is 9.66. The zero-order chi connectivity index (χ0) is 30.7. The van der Waals surface area contributed by atoms with E-state index in [9.17, 15) is 10.1 Å². The Morgan fingerprint density at radius 3 is 2.68 bits per heavy atom. The smallest absolute Gasteiger partial charge is 0.412 e. The number of anilines is 2. The molecular weight excluding hydrogens is 607 g/mol. The van der Waals surface area contributed by atoms with Gasteiger partial charge in [-0.1, -0.05) is 17.7 Å². The average Bonchev–Trinajstić information content (AvgIpc) is 3.58. The molecular formula is C31H30ClFN6O4S. The Bertz CT molecular complexity index is 1860. The summed E-state index contributed by atoms with van der Waals surface area (Å²) in [4.78, 5) is 26.8. The van der Waals surface area contributed by atoms with E-state index in [0.717, 1.165) is 67.2 Å². The van der Waals surface area contributed by atoms with E-state index in [1.165, 1.54) is 6.07 Å². The van der Waals surface area contributed by atoms with E-state index in [2.05, 4.69) is 26.2 Å². The highest BCUT2D eigenvalue weighted by molar-refractivity contribution is 7.23. The number of halogens is 2. The van der Waals surface area contributed by atoms with Gasteiger partial charge in [-0.15, -0.1) is 11.3 Å². The Balaban J connectivity index is 1.32. The predicted molar refractivity (Wildman–Crippen MR) is 167 cm³/mol. The minimum Gasteiger partial charge on any atom is -0.444 e. The Morgan fingerprint density at radius 2 is 1.95 bits per heavy atom. The molecule has 1 N–H and O–H groups in total. The van der Waals surface area contributed by atoms with Crippen LogP contribution in [0.3, 0.4) is 0 Å². The fourth-order valence-corrected chi connectivity index (χ4v) is 7.53. The largest absolute Gasteiger partial charge is 0.444 e. The van der Waals surface area contributed by atoms with Crippen molar-refractivity contribution in [3.63, 3.8) is 0 Å². The highest BCUT2D eigenvalue weighted by atomic mass is 35.5. The summed E-state index contributed by atoms with van der Waals surface area (Å²) in [6.45, 7) is 10.9. The lowest BCUT2D eigenvalue weighted by molar-refractivity contribution is 0.0103. The molecule has 0 saturated carbocycles. The summed E-state index contributed by atoms with van der Waals surface area (Å²) < 4.78 is 32.2. The normalized spacial score (nSPS) is 17.5. The molecule has 1 amide bonds. The molecule has 3 aliphatic heterocycles. The quantitative estimate of drug-likeness (QED) is 0.285. The van der Waals surface area contributed by atoms with Crippen molar-refractivity contribution in [3.05, 3.63) is 45.9 Å². The van der Waals surface area contributed by atoms with Crippen molar-refractivity contribution in [2.75, 3.05) is 49.6 Å². The van der Waals surface area contributed by atoms with Crippen molar-refractivity contribution in [3.8, 4) is 17.2 Å². The number of thiophene rings is 1. The molecule has 0 bridgehead atoms. The number of carbonyl (C=O) groups is 1. The minimum atomic E-state index is -0.747. The first-order valence-electron chi connectivity index (χ1n) is 14.4. The summed E-state index contributed by atoms with van der Waals surface area (Å²) in [6, 6.07) is 5.58. The number of carbonyl (C=O) groups excluding carboxylic acids is 1. The van der Waals surface area contributed by atoms with Crippen LogP contribution in [0.2, 0.25) is 5.02 Å². The Kier molecular flexibility index (Phi) is 7.34. The number of hydrogen-bond donors (Lipinski definition) is 1. The number of rotatable bonds is 4. The van der Waals surface area contributed by atoms with Crippen molar-refractivity contribution >= 4 is 61.0 Å². The molecule has 3 aliphatic rings. The van der Waals surface area contributed by atoms with Crippen LogP contribution in [-0.4, -0.2) is 72.0 Å². The maximum absolute atomic E-state index is 15.3. The summed E-state index contributed by atoms with van der Waals surface area (Å²) in [5.41, 5.74) is 2.92. The average molecular weight is 637 g/mol. The molecule has 5 heterocycles. The van der Waals surface area contributed by atoms with E-state index >= 15 is 4.39 Å². The molecule has 0 unspecified atom stereocenters. The molecule has 0 atom stereocenters. The van der Waals surface area contributed by atoms with Crippen molar-refractivity contribution < 1.29 is 23.4 Å². The van der Waals surface area contributed by atoms with Gasteiger partial charge < -0.3 is 19.1 Å². The van der Waals surface area contributed by atoms with Crippen LogP contribution in [0.15, 0.2) is 18.3 Å². The van der Waals surface area contributed by atoms with E-state index in [1.54, 1.807) is 33.0 Å². The number of ether oxygens (including phenoxy) is 3. The molecule has 0 spiro atoms. The SMILES string of the molecule is CC(C)(C)OC(=O)Nc1sc2c(F)ccc(-c3c4c(c5cnc(N6CC(N7CCOCC7)C6)nc5c3Cl)COC4)c2c1C#N. The summed E-state index contributed by atoms with van der Waals surface area (Å²) in [7, 11) is 0. The lowest BCUT2D eigenvalue weighted by atomic mass is 9.91. The number of hydrogen-bond acceptors (Lipinski definition) is 10. The number of nitrogens with zero attached hydrogens (tertiary/aromatic N) is 5. The van der Waals surface area contributed by atoms with E-state index in [1.807, 2.05) is 0 Å². The molecule has 4 aromatic rings. The molecule has 0 aliphatic carbocycles. The first kappa shape index (κ1) is 29.1. The zero-order valence-corrected chi connectivity index (χ0v) is 26.1. The fourth-order valence-electron chi connectivity index (χ4n) is 6.10. The second-order valence-corrected chi connectivity index (χ2v) is 13.5. The van der Waals surface area contributed by atoms with Gasteiger partial charge in [0.05, 0.1) is 47.2 Å². The van der Waals surface area contributed by atoms with E-state index in [4.69, 9.17) is 30.8 Å². The Labute approximate surface area is 262 Å². The molecule has 13 heteroatoms. The molecule has 228 valence electrons. The van der Waals surface area contributed by atoms with E-state index < -0.39 is 17.5 Å². The van der Waals surface area contributed by atoms with Crippen LogP contribution in [0.1, 0.15) is 37.5 Å². The topological polar surface area (TPSA) is 113 Å². The Morgan fingerprint density at radius 1 is 1.20 bits per heavy atom. The van der Waals surface area contributed by atoms with E-state index in [-0.39, 0.29) is 15.3 Å². The van der Waals surface area contributed by atoms with Crippen LogP contribution < -0.4 is 10.2 Å². The maximum Gasteiger partial charge on any atom is 0.412 e. The summed E-state index contributed by atoms with van der Waals surface area (Å²) >= 11 is 8.18. The Hall–Kier alpha value is -3.60. The number of nitriles is 1. The number of aromatic nitrogens is 2. The fraction of sp³-hybridized carbons (Fsp3) is 0.419. The lowest BCUT2D eigenvalue weighted by Gasteiger charge is -2.46. The molecule has 0 radical (unpaired) electrons. The lowest BCUT2D eigenvalue weighted by Crippen LogP contribution is -2.62. The van der Waals surface area contributed by atoms with Gasteiger partial charge >= 0.3 is 6.09 Å². The highest BCUT2D eigenvalue weighted by Gasteiger charge is 2.35.